The summed E-state index contributed by atoms with van der Waals surface area (Å²) in [6.45, 7) is 2.75. The second kappa shape index (κ2) is 4.49. The van der Waals surface area contributed by atoms with Crippen molar-refractivity contribution in [2.24, 2.45) is 5.92 Å². The maximum atomic E-state index is 11.9. The van der Waals surface area contributed by atoms with Crippen molar-refractivity contribution >= 4 is 5.91 Å². The molecular formula is C11H17N3O. The minimum Gasteiger partial charge on any atom is -0.357 e. The number of carbonyl (C=O) groups excluding carboxylic acids is 1. The number of hydrogen-bond acceptors (Lipinski definition) is 2. The zero-order valence-electron chi connectivity index (χ0n) is 8.99. The molecule has 0 aliphatic carbocycles. The second-order valence-corrected chi connectivity index (χ2v) is 4.05. The fourth-order valence-corrected chi connectivity index (χ4v) is 2.11. The first-order chi connectivity index (χ1) is 7.31. The number of amides is 1. The van der Waals surface area contributed by atoms with Gasteiger partial charge in [0.05, 0.1) is 0 Å². The molecule has 1 amide bonds. The number of nitrogens with one attached hydrogen (secondary N) is 2. The van der Waals surface area contributed by atoms with Crippen molar-refractivity contribution in [2.75, 3.05) is 26.7 Å². The van der Waals surface area contributed by atoms with Gasteiger partial charge in [-0.1, -0.05) is 0 Å². The molecule has 1 aromatic heterocycles. The van der Waals surface area contributed by atoms with Crippen LogP contribution in [-0.4, -0.2) is 42.5 Å². The summed E-state index contributed by atoms with van der Waals surface area (Å²) in [6.07, 6.45) is 2.89. The molecule has 4 nitrogen and oxygen atoms in total. The first-order valence-corrected chi connectivity index (χ1v) is 5.38. The molecule has 2 N–H and O–H groups in total. The highest BCUT2D eigenvalue weighted by molar-refractivity contribution is 5.92. The topological polar surface area (TPSA) is 48.1 Å². The molecule has 2 rings (SSSR count). The van der Waals surface area contributed by atoms with Gasteiger partial charge in [0.2, 0.25) is 0 Å². The van der Waals surface area contributed by atoms with Gasteiger partial charge in [0.15, 0.2) is 0 Å². The van der Waals surface area contributed by atoms with Crippen molar-refractivity contribution < 1.29 is 4.79 Å². The van der Waals surface area contributed by atoms with E-state index in [2.05, 4.69) is 10.3 Å². The Bertz CT molecular complexity index is 321. The zero-order valence-corrected chi connectivity index (χ0v) is 8.99. The second-order valence-electron chi connectivity index (χ2n) is 4.05. The van der Waals surface area contributed by atoms with E-state index in [4.69, 9.17) is 0 Å². The number of H-pyrrole nitrogens is 1. The van der Waals surface area contributed by atoms with Crippen LogP contribution in [0.5, 0.6) is 0 Å². The largest absolute Gasteiger partial charge is 0.357 e. The third kappa shape index (κ3) is 2.21. The van der Waals surface area contributed by atoms with Crippen molar-refractivity contribution in [3.8, 4) is 0 Å². The Kier molecular flexibility index (Phi) is 3.06. The normalized spacial score (nSPS) is 20.9. The Morgan fingerprint density at radius 3 is 3.27 bits per heavy atom. The van der Waals surface area contributed by atoms with Crippen LogP contribution in [0.25, 0.3) is 0 Å². The summed E-state index contributed by atoms with van der Waals surface area (Å²) in [7, 11) is 1.95. The summed E-state index contributed by atoms with van der Waals surface area (Å²) in [5.41, 5.74) is 0.695. The van der Waals surface area contributed by atoms with Crippen LogP contribution in [0.4, 0.5) is 0 Å². The predicted octanol–water partition coefficient (Wildman–Crippen LogP) is 0.696. The Hall–Kier alpha value is -1.29. The minimum absolute atomic E-state index is 0.124. The molecule has 4 heteroatoms. The fraction of sp³-hybridized carbons (Fsp3) is 0.545. The summed E-state index contributed by atoms with van der Waals surface area (Å²) in [4.78, 5) is 16.8. The molecule has 1 unspecified atom stereocenters. The van der Waals surface area contributed by atoms with E-state index < -0.39 is 0 Å². The first-order valence-electron chi connectivity index (χ1n) is 5.38. The number of hydrogen-bond donors (Lipinski definition) is 2. The summed E-state index contributed by atoms with van der Waals surface area (Å²) in [5.74, 6) is 0.729. The van der Waals surface area contributed by atoms with Crippen LogP contribution in [0, 0.1) is 5.92 Å². The monoisotopic (exact) mass is 207 g/mol. The van der Waals surface area contributed by atoms with E-state index in [0.717, 1.165) is 26.1 Å². The van der Waals surface area contributed by atoms with Crippen molar-refractivity contribution in [2.45, 2.75) is 6.42 Å². The number of carbonyl (C=O) groups is 1. The highest BCUT2D eigenvalue weighted by atomic mass is 16.2. The van der Waals surface area contributed by atoms with Crippen LogP contribution in [-0.2, 0) is 0 Å². The van der Waals surface area contributed by atoms with E-state index in [9.17, 15) is 4.79 Å². The molecule has 1 aliphatic rings. The van der Waals surface area contributed by atoms with Crippen LogP contribution in [0.3, 0.4) is 0 Å². The van der Waals surface area contributed by atoms with Gasteiger partial charge < -0.3 is 15.2 Å². The molecule has 82 valence electrons. The van der Waals surface area contributed by atoms with E-state index in [1.54, 1.807) is 6.20 Å². The third-order valence-corrected chi connectivity index (χ3v) is 2.89. The first kappa shape index (κ1) is 10.2. The highest BCUT2D eigenvalue weighted by Gasteiger charge is 2.26. The third-order valence-electron chi connectivity index (χ3n) is 2.89. The Balaban J connectivity index is 1.93. The lowest BCUT2D eigenvalue weighted by atomic mass is 10.1. The molecule has 1 atom stereocenters. The molecule has 1 aliphatic heterocycles. The summed E-state index contributed by atoms with van der Waals surface area (Å²) >= 11 is 0. The van der Waals surface area contributed by atoms with Crippen molar-refractivity contribution in [3.63, 3.8) is 0 Å². The number of aromatic nitrogens is 1. The summed E-state index contributed by atoms with van der Waals surface area (Å²) in [6, 6.07) is 3.68. The SMILES string of the molecule is CNCC1CCN(C(=O)c2ccc[nH]2)C1. The molecular weight excluding hydrogens is 190 g/mol. The van der Waals surface area contributed by atoms with Crippen LogP contribution in [0.2, 0.25) is 0 Å². The van der Waals surface area contributed by atoms with Crippen LogP contribution >= 0.6 is 0 Å². The number of rotatable bonds is 3. The fourth-order valence-electron chi connectivity index (χ4n) is 2.11. The zero-order chi connectivity index (χ0) is 10.7. The lowest BCUT2D eigenvalue weighted by Gasteiger charge is -2.15. The van der Waals surface area contributed by atoms with Gasteiger partial charge in [-0.2, -0.15) is 0 Å². The summed E-state index contributed by atoms with van der Waals surface area (Å²) in [5, 5.41) is 3.16. The quantitative estimate of drug-likeness (QED) is 0.766. The molecule has 15 heavy (non-hydrogen) atoms. The predicted molar refractivity (Wildman–Crippen MR) is 58.7 cm³/mol. The van der Waals surface area contributed by atoms with E-state index >= 15 is 0 Å². The highest BCUT2D eigenvalue weighted by Crippen LogP contribution is 2.17. The van der Waals surface area contributed by atoms with Gasteiger partial charge in [0.1, 0.15) is 5.69 Å². The van der Waals surface area contributed by atoms with Gasteiger partial charge in [0.25, 0.3) is 5.91 Å². The van der Waals surface area contributed by atoms with Crippen molar-refractivity contribution in [3.05, 3.63) is 24.0 Å². The number of aromatic amines is 1. The molecule has 1 fully saturated rings. The van der Waals surface area contributed by atoms with Crippen LogP contribution < -0.4 is 5.32 Å². The average molecular weight is 207 g/mol. The van der Waals surface area contributed by atoms with Crippen LogP contribution in [0.1, 0.15) is 16.9 Å². The van der Waals surface area contributed by atoms with Gasteiger partial charge in [-0.25, -0.2) is 0 Å². The van der Waals surface area contributed by atoms with E-state index in [1.165, 1.54) is 0 Å². The Labute approximate surface area is 89.7 Å². The van der Waals surface area contributed by atoms with Crippen LogP contribution in [0.15, 0.2) is 18.3 Å². The van der Waals surface area contributed by atoms with Crippen molar-refractivity contribution in [1.29, 1.82) is 0 Å². The van der Waals surface area contributed by atoms with E-state index in [0.29, 0.717) is 11.6 Å². The Morgan fingerprint density at radius 2 is 2.60 bits per heavy atom. The molecule has 1 aromatic rings. The number of nitrogens with zero attached hydrogens (tertiary/aromatic N) is 1. The average Bonchev–Trinajstić information content (AvgIpc) is 2.87. The van der Waals surface area contributed by atoms with E-state index in [-0.39, 0.29) is 5.91 Å². The number of likely N-dealkylation sites (tertiary alicyclic amines) is 1. The van der Waals surface area contributed by atoms with Gasteiger partial charge in [-0.05, 0) is 38.1 Å². The van der Waals surface area contributed by atoms with Gasteiger partial charge in [-0.15, -0.1) is 0 Å². The molecule has 1 saturated heterocycles. The van der Waals surface area contributed by atoms with Gasteiger partial charge in [0, 0.05) is 19.3 Å². The Morgan fingerprint density at radius 1 is 1.73 bits per heavy atom. The van der Waals surface area contributed by atoms with E-state index in [1.807, 2.05) is 24.1 Å². The van der Waals surface area contributed by atoms with Gasteiger partial charge >= 0.3 is 0 Å². The lowest BCUT2D eigenvalue weighted by Crippen LogP contribution is -2.30. The maximum Gasteiger partial charge on any atom is 0.270 e. The maximum absolute atomic E-state index is 11.9. The van der Waals surface area contributed by atoms with Crippen molar-refractivity contribution in [1.82, 2.24) is 15.2 Å². The molecule has 0 bridgehead atoms. The minimum atomic E-state index is 0.124. The smallest absolute Gasteiger partial charge is 0.270 e. The lowest BCUT2D eigenvalue weighted by molar-refractivity contribution is 0.0782. The molecule has 2 heterocycles. The molecule has 0 spiro atoms. The molecule has 0 saturated carbocycles. The standard InChI is InChI=1S/C11H17N3O/c1-12-7-9-4-6-14(8-9)11(15)10-3-2-5-13-10/h2-3,5,9,12-13H,4,6-8H2,1H3. The molecule has 0 radical (unpaired) electrons. The van der Waals surface area contributed by atoms with Gasteiger partial charge in [-0.3, -0.25) is 4.79 Å². The molecule has 0 aromatic carbocycles. The summed E-state index contributed by atoms with van der Waals surface area (Å²) < 4.78 is 0.